The number of hydrogen-bond acceptors (Lipinski definition) is 0. The molecular formula is C41H66. The fraction of sp³-hybridized carbons (Fsp3) is 0.707. The summed E-state index contributed by atoms with van der Waals surface area (Å²) in [4.78, 5) is 0. The first kappa shape index (κ1) is 33.9. The molecule has 0 aromatic heterocycles. The minimum absolute atomic E-state index is 1.12. The molecule has 0 saturated carbocycles. The van der Waals surface area contributed by atoms with Gasteiger partial charge in [0, 0.05) is 0 Å². The molecule has 0 radical (unpaired) electrons. The van der Waals surface area contributed by atoms with Crippen molar-refractivity contribution in [1.29, 1.82) is 0 Å². The van der Waals surface area contributed by atoms with Crippen molar-refractivity contribution >= 4 is 0 Å². The van der Waals surface area contributed by atoms with Gasteiger partial charge in [0.2, 0.25) is 0 Å². The van der Waals surface area contributed by atoms with Crippen LogP contribution in [-0.2, 0) is 12.8 Å². The highest BCUT2D eigenvalue weighted by Gasteiger charge is 2.17. The van der Waals surface area contributed by atoms with Gasteiger partial charge >= 0.3 is 0 Å². The Morgan fingerprint density at radius 1 is 0.390 bits per heavy atom. The van der Waals surface area contributed by atoms with E-state index in [1.54, 1.807) is 11.1 Å². The molecule has 41 heavy (non-hydrogen) atoms. The van der Waals surface area contributed by atoms with Gasteiger partial charge in [-0.2, -0.15) is 0 Å². The third kappa shape index (κ3) is 14.9. The first-order valence-corrected chi connectivity index (χ1v) is 18.6. The molecule has 0 bridgehead atoms. The predicted octanol–water partition coefficient (Wildman–Crippen LogP) is 14.0. The monoisotopic (exact) mass is 559 g/mol. The van der Waals surface area contributed by atoms with Crippen LogP contribution >= 0.6 is 0 Å². The minimum atomic E-state index is 1.12. The standard InChI is InChI=1S/C41H66/c1-2-3-4-5-6-7-8-9-10-11-12-13-14-15-16-17-18-19-20-21-22-23-24-25-26-27-30-37-33-34-41-39(35-37)36-38-31-28-29-32-40(38)41/h28-29,31-35H,2-27,30,36H2,1H3. The van der Waals surface area contributed by atoms with E-state index in [1.807, 2.05) is 0 Å². The zero-order chi connectivity index (χ0) is 28.6. The van der Waals surface area contributed by atoms with Gasteiger partial charge in [-0.1, -0.05) is 210 Å². The highest BCUT2D eigenvalue weighted by molar-refractivity contribution is 5.76. The minimum Gasteiger partial charge on any atom is -0.0654 e. The van der Waals surface area contributed by atoms with Crippen LogP contribution in [0.4, 0.5) is 0 Å². The summed E-state index contributed by atoms with van der Waals surface area (Å²) in [6, 6.07) is 16.1. The highest BCUT2D eigenvalue weighted by atomic mass is 14.2. The Morgan fingerprint density at radius 2 is 0.780 bits per heavy atom. The number of fused-ring (bicyclic) bond motifs is 3. The quantitative estimate of drug-likeness (QED) is 0.0816. The number of benzene rings is 2. The summed E-state index contributed by atoms with van der Waals surface area (Å²) >= 11 is 0. The molecule has 0 saturated heterocycles. The van der Waals surface area contributed by atoms with Gasteiger partial charge in [-0.3, -0.25) is 0 Å². The molecule has 0 heterocycles. The number of unbranched alkanes of at least 4 members (excludes halogenated alkanes) is 25. The van der Waals surface area contributed by atoms with Gasteiger partial charge in [-0.25, -0.2) is 0 Å². The Labute approximate surface area is 256 Å². The van der Waals surface area contributed by atoms with Crippen molar-refractivity contribution in [2.75, 3.05) is 0 Å². The molecule has 0 N–H and O–H groups in total. The first-order chi connectivity index (χ1) is 20.4. The van der Waals surface area contributed by atoms with Gasteiger partial charge in [0.05, 0.1) is 0 Å². The Balaban J connectivity index is 0.990. The van der Waals surface area contributed by atoms with Crippen LogP contribution in [0.15, 0.2) is 42.5 Å². The molecular weight excluding hydrogens is 492 g/mol. The molecule has 0 atom stereocenters. The smallest absolute Gasteiger partial charge is 0.00134 e. The highest BCUT2D eigenvalue weighted by Crippen LogP contribution is 2.36. The van der Waals surface area contributed by atoms with Gasteiger partial charge < -0.3 is 0 Å². The predicted molar refractivity (Wildman–Crippen MR) is 184 cm³/mol. The molecule has 230 valence electrons. The van der Waals surface area contributed by atoms with Crippen LogP contribution < -0.4 is 0 Å². The molecule has 0 unspecified atom stereocenters. The molecule has 0 nitrogen and oxygen atoms in total. The van der Waals surface area contributed by atoms with E-state index >= 15 is 0 Å². The lowest BCUT2D eigenvalue weighted by Crippen LogP contribution is -1.89. The Bertz CT molecular complexity index is 893. The second-order valence-electron chi connectivity index (χ2n) is 13.4. The number of aryl methyl sites for hydroxylation is 1. The van der Waals surface area contributed by atoms with Crippen LogP contribution in [0, 0.1) is 0 Å². The first-order valence-electron chi connectivity index (χ1n) is 18.6. The normalized spacial score (nSPS) is 12.1. The van der Waals surface area contributed by atoms with E-state index in [4.69, 9.17) is 0 Å². The maximum Gasteiger partial charge on any atom is -0.00134 e. The van der Waals surface area contributed by atoms with Gasteiger partial charge in [-0.05, 0) is 47.1 Å². The summed E-state index contributed by atoms with van der Waals surface area (Å²) in [6.45, 7) is 2.31. The maximum atomic E-state index is 2.48. The van der Waals surface area contributed by atoms with E-state index in [2.05, 4.69) is 49.4 Å². The van der Waals surface area contributed by atoms with E-state index in [1.165, 1.54) is 190 Å². The van der Waals surface area contributed by atoms with Crippen molar-refractivity contribution in [3.63, 3.8) is 0 Å². The van der Waals surface area contributed by atoms with Gasteiger partial charge in [-0.15, -0.1) is 0 Å². The number of hydrogen-bond donors (Lipinski definition) is 0. The van der Waals surface area contributed by atoms with Gasteiger partial charge in [0.1, 0.15) is 0 Å². The summed E-state index contributed by atoms with van der Waals surface area (Å²) in [7, 11) is 0. The molecule has 3 rings (SSSR count). The zero-order valence-electron chi connectivity index (χ0n) is 27.3. The van der Waals surface area contributed by atoms with Crippen LogP contribution in [0.1, 0.15) is 191 Å². The average molecular weight is 559 g/mol. The van der Waals surface area contributed by atoms with Crippen molar-refractivity contribution in [2.24, 2.45) is 0 Å². The fourth-order valence-electron chi connectivity index (χ4n) is 7.00. The van der Waals surface area contributed by atoms with E-state index in [9.17, 15) is 0 Å². The van der Waals surface area contributed by atoms with Crippen LogP contribution in [0.2, 0.25) is 0 Å². The van der Waals surface area contributed by atoms with Crippen molar-refractivity contribution < 1.29 is 0 Å². The van der Waals surface area contributed by atoms with Gasteiger partial charge in [0.15, 0.2) is 0 Å². The Kier molecular flexibility index (Phi) is 19.0. The van der Waals surface area contributed by atoms with Crippen molar-refractivity contribution in [1.82, 2.24) is 0 Å². The third-order valence-electron chi connectivity index (χ3n) is 9.68. The summed E-state index contributed by atoms with van der Waals surface area (Å²) < 4.78 is 0. The van der Waals surface area contributed by atoms with Crippen molar-refractivity contribution in [3.05, 3.63) is 59.2 Å². The molecule has 0 aliphatic heterocycles. The summed E-state index contributed by atoms with van der Waals surface area (Å²) in [6.07, 6.45) is 40.4. The van der Waals surface area contributed by atoms with Crippen molar-refractivity contribution in [2.45, 2.75) is 187 Å². The van der Waals surface area contributed by atoms with E-state index in [0.717, 1.165) is 6.42 Å². The Hall–Kier alpha value is -1.56. The van der Waals surface area contributed by atoms with E-state index in [0.29, 0.717) is 0 Å². The topological polar surface area (TPSA) is 0 Å². The summed E-state index contributed by atoms with van der Waals surface area (Å²) in [5.74, 6) is 0. The molecule has 0 amide bonds. The molecule has 2 aromatic rings. The molecule has 0 spiro atoms. The van der Waals surface area contributed by atoms with E-state index in [-0.39, 0.29) is 0 Å². The number of rotatable bonds is 27. The summed E-state index contributed by atoms with van der Waals surface area (Å²) in [5, 5.41) is 0. The SMILES string of the molecule is CCCCCCCCCCCCCCCCCCCCCCCCCCCCc1ccc2c(c1)Cc1ccccc1-2. The maximum absolute atomic E-state index is 2.48. The Morgan fingerprint density at radius 3 is 1.24 bits per heavy atom. The lowest BCUT2D eigenvalue weighted by Gasteiger charge is -2.06. The fourth-order valence-corrected chi connectivity index (χ4v) is 7.00. The molecule has 0 fully saturated rings. The largest absolute Gasteiger partial charge is 0.0654 e. The van der Waals surface area contributed by atoms with Crippen LogP contribution in [-0.4, -0.2) is 0 Å². The molecule has 1 aliphatic rings. The van der Waals surface area contributed by atoms with E-state index < -0.39 is 0 Å². The average Bonchev–Trinajstić information content (AvgIpc) is 3.37. The third-order valence-corrected chi connectivity index (χ3v) is 9.68. The second-order valence-corrected chi connectivity index (χ2v) is 13.4. The van der Waals surface area contributed by atoms with Crippen molar-refractivity contribution in [3.8, 4) is 11.1 Å². The van der Waals surface area contributed by atoms with Crippen LogP contribution in [0.3, 0.4) is 0 Å². The molecule has 0 heteroatoms. The lowest BCUT2D eigenvalue weighted by atomic mass is 9.99. The molecule has 2 aromatic carbocycles. The lowest BCUT2D eigenvalue weighted by molar-refractivity contribution is 0.515. The van der Waals surface area contributed by atoms with Crippen LogP contribution in [0.25, 0.3) is 11.1 Å². The zero-order valence-corrected chi connectivity index (χ0v) is 27.3. The summed E-state index contributed by atoms with van der Waals surface area (Å²) in [5.41, 5.74) is 7.50. The molecule has 1 aliphatic carbocycles. The van der Waals surface area contributed by atoms with Gasteiger partial charge in [0.25, 0.3) is 0 Å². The second kappa shape index (κ2) is 23.0. The van der Waals surface area contributed by atoms with Crippen LogP contribution in [0.5, 0.6) is 0 Å².